The van der Waals surface area contributed by atoms with E-state index in [-0.39, 0.29) is 5.63 Å². The third-order valence-electron chi connectivity index (χ3n) is 1.78. The topological polar surface area (TPSA) is 54.1 Å². The van der Waals surface area contributed by atoms with Gasteiger partial charge < -0.3 is 9.83 Å². The van der Waals surface area contributed by atoms with E-state index in [1.807, 2.05) is 25.1 Å². The minimum atomic E-state index is -0.298. The van der Waals surface area contributed by atoms with Crippen molar-refractivity contribution in [3.63, 3.8) is 0 Å². The molecule has 0 saturated heterocycles. The summed E-state index contributed by atoms with van der Waals surface area (Å²) in [5, 5.41) is 6.46. The van der Waals surface area contributed by atoms with Gasteiger partial charge in [0, 0.05) is 11.5 Å². The highest BCUT2D eigenvalue weighted by Gasteiger charge is 1.95. The van der Waals surface area contributed by atoms with E-state index < -0.39 is 0 Å². The molecular formula is C11H11NO2. The van der Waals surface area contributed by atoms with E-state index in [4.69, 9.17) is 9.83 Å². The second-order valence-electron chi connectivity index (χ2n) is 2.80. The molecule has 1 heterocycles. The third kappa shape index (κ3) is 2.07. The number of aryl methyl sites for hydroxylation is 1. The Labute approximate surface area is 81.5 Å². The molecule has 0 aliphatic heterocycles. The Morgan fingerprint density at radius 1 is 1.21 bits per heavy atom. The fourth-order valence-corrected chi connectivity index (χ4v) is 1.17. The van der Waals surface area contributed by atoms with Crippen LogP contribution < -0.4 is 5.63 Å². The van der Waals surface area contributed by atoms with E-state index in [0.717, 1.165) is 10.9 Å². The first kappa shape index (κ1) is 10.2. The number of benzene rings is 1. The van der Waals surface area contributed by atoms with Crippen molar-refractivity contribution in [3.8, 4) is 0 Å². The number of nitrogens with one attached hydrogen (secondary N) is 1. The first-order chi connectivity index (χ1) is 6.75. The van der Waals surface area contributed by atoms with Crippen LogP contribution in [0.5, 0.6) is 0 Å². The Morgan fingerprint density at radius 2 is 1.86 bits per heavy atom. The van der Waals surface area contributed by atoms with E-state index >= 15 is 0 Å². The van der Waals surface area contributed by atoms with Crippen molar-refractivity contribution < 1.29 is 4.42 Å². The summed E-state index contributed by atoms with van der Waals surface area (Å²) in [5.74, 6) is 0. The molecule has 0 aliphatic rings. The zero-order valence-electron chi connectivity index (χ0n) is 7.91. The van der Waals surface area contributed by atoms with Crippen molar-refractivity contribution >= 4 is 17.7 Å². The van der Waals surface area contributed by atoms with Crippen LogP contribution in [-0.4, -0.2) is 6.72 Å². The highest BCUT2D eigenvalue weighted by Crippen LogP contribution is 2.12. The Hall–Kier alpha value is -1.90. The first-order valence-corrected chi connectivity index (χ1v) is 4.11. The van der Waals surface area contributed by atoms with Crippen LogP contribution in [0.4, 0.5) is 0 Å². The molecule has 0 atom stereocenters. The van der Waals surface area contributed by atoms with E-state index in [0.29, 0.717) is 5.58 Å². The highest BCUT2D eigenvalue weighted by molar-refractivity contribution is 5.76. The molecule has 0 saturated carbocycles. The minimum Gasteiger partial charge on any atom is -0.423 e. The van der Waals surface area contributed by atoms with Gasteiger partial charge in [0.25, 0.3) is 0 Å². The highest BCUT2D eigenvalue weighted by atomic mass is 16.4. The van der Waals surface area contributed by atoms with Gasteiger partial charge in [-0.05, 0) is 31.3 Å². The Balaban J connectivity index is 0.000000461. The molecule has 1 aromatic heterocycles. The summed E-state index contributed by atoms with van der Waals surface area (Å²) in [7, 11) is 0. The van der Waals surface area contributed by atoms with Crippen LogP contribution in [0.1, 0.15) is 5.56 Å². The van der Waals surface area contributed by atoms with Gasteiger partial charge in [-0.3, -0.25) is 0 Å². The summed E-state index contributed by atoms with van der Waals surface area (Å²) >= 11 is 0. The smallest absolute Gasteiger partial charge is 0.336 e. The van der Waals surface area contributed by atoms with Gasteiger partial charge in [0.15, 0.2) is 0 Å². The molecule has 0 radical (unpaired) electrons. The third-order valence-corrected chi connectivity index (χ3v) is 1.78. The molecular weight excluding hydrogens is 178 g/mol. The van der Waals surface area contributed by atoms with E-state index in [1.165, 1.54) is 6.07 Å². The lowest BCUT2D eigenvalue weighted by Crippen LogP contribution is -1.93. The summed E-state index contributed by atoms with van der Waals surface area (Å²) in [5.41, 5.74) is 1.45. The normalized spacial score (nSPS) is 9.21. The summed E-state index contributed by atoms with van der Waals surface area (Å²) < 4.78 is 4.99. The molecule has 0 spiro atoms. The second kappa shape index (κ2) is 4.37. The van der Waals surface area contributed by atoms with Crippen LogP contribution in [-0.2, 0) is 0 Å². The molecule has 72 valence electrons. The summed E-state index contributed by atoms with van der Waals surface area (Å²) in [4.78, 5) is 10.8. The van der Waals surface area contributed by atoms with Crippen LogP contribution >= 0.6 is 0 Å². The molecule has 0 aliphatic carbocycles. The molecule has 0 bridgehead atoms. The van der Waals surface area contributed by atoms with E-state index in [2.05, 4.69) is 6.72 Å². The van der Waals surface area contributed by atoms with Gasteiger partial charge in [-0.25, -0.2) is 4.79 Å². The van der Waals surface area contributed by atoms with E-state index in [1.54, 1.807) is 6.07 Å². The molecule has 2 rings (SSSR count). The second-order valence-corrected chi connectivity index (χ2v) is 2.80. The number of fused-ring (bicyclic) bond motifs is 1. The molecule has 14 heavy (non-hydrogen) atoms. The molecule has 0 fully saturated rings. The van der Waals surface area contributed by atoms with Crippen molar-refractivity contribution in [2.75, 3.05) is 0 Å². The lowest BCUT2D eigenvalue weighted by atomic mass is 10.2. The molecule has 2 aromatic rings. The van der Waals surface area contributed by atoms with Gasteiger partial charge in [-0.2, -0.15) is 0 Å². The zero-order chi connectivity index (χ0) is 10.6. The van der Waals surface area contributed by atoms with Crippen LogP contribution in [0.2, 0.25) is 0 Å². The molecule has 0 amide bonds. The maximum atomic E-state index is 10.8. The molecule has 1 N–H and O–H groups in total. The average Bonchev–Trinajstić information content (AvgIpc) is 2.20. The monoisotopic (exact) mass is 189 g/mol. The number of hydrogen-bond donors (Lipinski definition) is 1. The van der Waals surface area contributed by atoms with Crippen LogP contribution in [0.25, 0.3) is 11.0 Å². The maximum absolute atomic E-state index is 10.8. The number of hydrogen-bond acceptors (Lipinski definition) is 3. The average molecular weight is 189 g/mol. The number of rotatable bonds is 0. The first-order valence-electron chi connectivity index (χ1n) is 4.11. The van der Waals surface area contributed by atoms with Crippen molar-refractivity contribution in [2.24, 2.45) is 0 Å². The van der Waals surface area contributed by atoms with Gasteiger partial charge in [0.2, 0.25) is 0 Å². The predicted octanol–water partition coefficient (Wildman–Crippen LogP) is 2.37. The van der Waals surface area contributed by atoms with Crippen LogP contribution in [0, 0.1) is 12.3 Å². The quantitative estimate of drug-likeness (QED) is 0.511. The van der Waals surface area contributed by atoms with Gasteiger partial charge in [-0.1, -0.05) is 12.1 Å². The lowest BCUT2D eigenvalue weighted by Gasteiger charge is -1.95. The maximum Gasteiger partial charge on any atom is 0.336 e. The zero-order valence-corrected chi connectivity index (χ0v) is 7.91. The Kier molecular flexibility index (Phi) is 3.18. The fourth-order valence-electron chi connectivity index (χ4n) is 1.17. The largest absolute Gasteiger partial charge is 0.423 e. The van der Waals surface area contributed by atoms with Gasteiger partial charge in [-0.15, -0.1) is 0 Å². The van der Waals surface area contributed by atoms with Crippen LogP contribution in [0.3, 0.4) is 0 Å². The Morgan fingerprint density at radius 3 is 2.57 bits per heavy atom. The SMILES string of the molecule is C=N.Cc1ccc2ccc(=O)oc2c1. The van der Waals surface area contributed by atoms with Gasteiger partial charge in [0.1, 0.15) is 5.58 Å². The summed E-state index contributed by atoms with van der Waals surface area (Å²) in [6.07, 6.45) is 0. The van der Waals surface area contributed by atoms with E-state index in [9.17, 15) is 4.79 Å². The molecule has 3 nitrogen and oxygen atoms in total. The summed E-state index contributed by atoms with van der Waals surface area (Å²) in [6, 6.07) is 8.98. The summed E-state index contributed by atoms with van der Waals surface area (Å²) in [6.45, 7) is 4.46. The predicted molar refractivity (Wildman–Crippen MR) is 57.1 cm³/mol. The molecule has 0 unspecified atom stereocenters. The van der Waals surface area contributed by atoms with Crippen molar-refractivity contribution in [3.05, 3.63) is 46.3 Å². The standard InChI is InChI=1S/C10H8O2.CH3N/c1-7-2-3-8-4-5-10(11)12-9(8)6-7;1-2/h2-6H,1H3;2H,1H2. The van der Waals surface area contributed by atoms with Crippen molar-refractivity contribution in [1.29, 1.82) is 5.41 Å². The van der Waals surface area contributed by atoms with Crippen molar-refractivity contribution in [1.82, 2.24) is 0 Å². The molecule has 1 aromatic carbocycles. The minimum absolute atomic E-state index is 0.298. The Bertz CT molecular complexity index is 488. The van der Waals surface area contributed by atoms with Crippen molar-refractivity contribution in [2.45, 2.75) is 6.92 Å². The van der Waals surface area contributed by atoms with Gasteiger partial charge in [0.05, 0.1) is 0 Å². The van der Waals surface area contributed by atoms with Crippen LogP contribution in [0.15, 0.2) is 39.5 Å². The lowest BCUT2D eigenvalue weighted by molar-refractivity contribution is 0.561. The molecule has 3 heteroatoms. The van der Waals surface area contributed by atoms with Gasteiger partial charge >= 0.3 is 5.63 Å². The fraction of sp³-hybridized carbons (Fsp3) is 0.0909.